The third-order valence-electron chi connectivity index (χ3n) is 11.1. The molecule has 2 aromatic heterocycles. The van der Waals surface area contributed by atoms with E-state index in [1.54, 1.807) is 0 Å². The van der Waals surface area contributed by atoms with Gasteiger partial charge >= 0.3 is 0 Å². The number of hydrogen-bond donors (Lipinski definition) is 0. The van der Waals surface area contributed by atoms with Crippen molar-refractivity contribution < 1.29 is 0 Å². The Bertz CT molecular complexity index is 3050. The Morgan fingerprint density at radius 3 is 1.86 bits per heavy atom. The van der Waals surface area contributed by atoms with Crippen molar-refractivity contribution in [3.8, 4) is 16.8 Å². The van der Waals surface area contributed by atoms with E-state index in [0.29, 0.717) is 0 Å². The molecule has 0 radical (unpaired) electrons. The van der Waals surface area contributed by atoms with Gasteiger partial charge in [0.15, 0.2) is 0 Å². The summed E-state index contributed by atoms with van der Waals surface area (Å²) < 4.78 is 4.88. The summed E-state index contributed by atoms with van der Waals surface area (Å²) >= 11 is 0. The van der Waals surface area contributed by atoms with Crippen molar-refractivity contribution in [3.05, 3.63) is 193 Å². The minimum Gasteiger partial charge on any atom is -0.313 e. The molecule has 2 nitrogen and oxygen atoms in total. The zero-order valence-corrected chi connectivity index (χ0v) is 28.0. The maximum Gasteiger partial charge on any atom is 0.0544 e. The van der Waals surface area contributed by atoms with Gasteiger partial charge in [-0.2, -0.15) is 0 Å². The van der Waals surface area contributed by atoms with Gasteiger partial charge in [-0.05, 0) is 110 Å². The minimum atomic E-state index is 0.845. The molecule has 0 unspecified atom stereocenters. The van der Waals surface area contributed by atoms with Crippen LogP contribution in [0.3, 0.4) is 0 Å². The van der Waals surface area contributed by atoms with Crippen LogP contribution in [0.2, 0.25) is 0 Å². The van der Waals surface area contributed by atoms with E-state index in [4.69, 9.17) is 0 Å². The van der Waals surface area contributed by atoms with E-state index < -0.39 is 0 Å². The van der Waals surface area contributed by atoms with Gasteiger partial charge in [0.1, 0.15) is 0 Å². The van der Waals surface area contributed by atoms with Gasteiger partial charge in [0.25, 0.3) is 0 Å². The summed E-state index contributed by atoms with van der Waals surface area (Å²) in [6, 6.07) is 55.6. The predicted molar refractivity (Wildman–Crippen MR) is 217 cm³/mol. The first-order valence-electron chi connectivity index (χ1n) is 17.7. The fourth-order valence-corrected chi connectivity index (χ4v) is 8.81. The summed E-state index contributed by atoms with van der Waals surface area (Å²) in [7, 11) is 0. The Morgan fingerprint density at radius 1 is 0.471 bits per heavy atom. The molecule has 11 rings (SSSR count). The maximum absolute atomic E-state index is 4.23. The van der Waals surface area contributed by atoms with Gasteiger partial charge in [0.2, 0.25) is 0 Å². The predicted octanol–water partition coefficient (Wildman–Crippen LogP) is 13.0. The lowest BCUT2D eigenvalue weighted by atomic mass is 9.94. The second-order valence-corrected chi connectivity index (χ2v) is 13.8. The van der Waals surface area contributed by atoms with Gasteiger partial charge in [-0.15, -0.1) is 0 Å². The van der Waals surface area contributed by atoms with Gasteiger partial charge in [-0.1, -0.05) is 116 Å². The monoisotopic (exact) mass is 648 g/mol. The lowest BCUT2D eigenvalue weighted by molar-refractivity contribution is 1.11. The fourth-order valence-electron chi connectivity index (χ4n) is 8.81. The molecule has 0 fully saturated rings. The molecular weight excluding hydrogens is 617 g/mol. The third kappa shape index (κ3) is 4.05. The summed E-state index contributed by atoms with van der Waals surface area (Å²) in [5.41, 5.74) is 16.3. The number of para-hydroxylation sites is 2. The summed E-state index contributed by atoms with van der Waals surface area (Å²) in [5.74, 6) is 0. The van der Waals surface area contributed by atoms with E-state index in [9.17, 15) is 0 Å². The number of fused-ring (bicyclic) bond motifs is 10. The highest BCUT2D eigenvalue weighted by Crippen LogP contribution is 2.48. The number of allylic oxidation sites excluding steroid dienone is 7. The smallest absolute Gasteiger partial charge is 0.0544 e. The van der Waals surface area contributed by atoms with Crippen molar-refractivity contribution in [2.75, 3.05) is 0 Å². The van der Waals surface area contributed by atoms with Crippen LogP contribution in [-0.4, -0.2) is 9.13 Å². The maximum atomic E-state index is 4.23. The first kappa shape index (κ1) is 28.2. The molecule has 238 valence electrons. The van der Waals surface area contributed by atoms with Crippen LogP contribution in [0.25, 0.3) is 88.0 Å². The first-order chi connectivity index (χ1) is 25.2. The molecule has 0 amide bonds. The van der Waals surface area contributed by atoms with Crippen molar-refractivity contribution >= 4 is 71.2 Å². The average Bonchev–Trinajstić information content (AvgIpc) is 3.81. The summed E-state index contributed by atoms with van der Waals surface area (Å²) in [6.07, 6.45) is 7.53. The Kier molecular flexibility index (Phi) is 5.91. The van der Waals surface area contributed by atoms with Gasteiger partial charge < -0.3 is 9.13 Å². The van der Waals surface area contributed by atoms with Gasteiger partial charge in [0, 0.05) is 39.4 Å². The second kappa shape index (κ2) is 10.7. The van der Waals surface area contributed by atoms with Crippen molar-refractivity contribution in [1.29, 1.82) is 0 Å². The molecule has 0 aliphatic heterocycles. The summed E-state index contributed by atoms with van der Waals surface area (Å²) in [6.45, 7) is 4.23. The van der Waals surface area contributed by atoms with Gasteiger partial charge in [-0.25, -0.2) is 0 Å². The lowest BCUT2D eigenvalue weighted by Gasteiger charge is -2.19. The van der Waals surface area contributed by atoms with Gasteiger partial charge in [-0.3, -0.25) is 0 Å². The molecule has 0 saturated heterocycles. The zero-order chi connectivity index (χ0) is 33.6. The standard InChI is InChI=1S/C49H32N2/c1-2-37-38-16-8-9-17-39(38)40-23-22-36(30-42(37)40)51-48-25-21-34(28-44(48)45-26-31-12-6-7-13-32(31)29-49(45)51)33-20-24-47-43(27-33)41-18-10-11-19-46(41)50(47)35-14-4-3-5-15-35/h2-29H,1,30H2. The van der Waals surface area contributed by atoms with Crippen molar-refractivity contribution in [3.63, 3.8) is 0 Å². The quantitative estimate of drug-likeness (QED) is 0.180. The number of nitrogens with zero attached hydrogens (tertiary/aromatic N) is 2. The van der Waals surface area contributed by atoms with E-state index >= 15 is 0 Å². The normalized spacial score (nSPS) is 14.0. The highest BCUT2D eigenvalue weighted by molar-refractivity contribution is 6.16. The molecule has 0 N–H and O–H groups in total. The fraction of sp³-hybridized carbons (Fsp3) is 0.0204. The molecule has 2 heterocycles. The second-order valence-electron chi connectivity index (χ2n) is 13.8. The molecule has 9 aromatic rings. The van der Waals surface area contributed by atoms with Crippen molar-refractivity contribution in [2.45, 2.75) is 6.42 Å². The van der Waals surface area contributed by atoms with Crippen LogP contribution in [0.1, 0.15) is 17.5 Å². The molecule has 0 saturated carbocycles. The zero-order valence-electron chi connectivity index (χ0n) is 28.0. The summed E-state index contributed by atoms with van der Waals surface area (Å²) in [4.78, 5) is 0. The van der Waals surface area contributed by atoms with E-state index in [0.717, 1.165) is 6.42 Å². The van der Waals surface area contributed by atoms with E-state index in [1.165, 1.54) is 105 Å². The Labute approximate surface area is 295 Å². The Morgan fingerprint density at radius 2 is 1.08 bits per heavy atom. The van der Waals surface area contributed by atoms with Crippen LogP contribution in [-0.2, 0) is 0 Å². The Hall–Kier alpha value is -6.64. The molecule has 0 atom stereocenters. The van der Waals surface area contributed by atoms with Crippen LogP contribution in [0.15, 0.2) is 182 Å². The number of hydrogen-bond acceptors (Lipinski definition) is 0. The largest absolute Gasteiger partial charge is 0.313 e. The van der Waals surface area contributed by atoms with Crippen molar-refractivity contribution in [1.82, 2.24) is 9.13 Å². The topological polar surface area (TPSA) is 9.86 Å². The van der Waals surface area contributed by atoms with Crippen LogP contribution >= 0.6 is 0 Å². The van der Waals surface area contributed by atoms with Crippen LogP contribution in [0.4, 0.5) is 0 Å². The van der Waals surface area contributed by atoms with Crippen LogP contribution < -0.4 is 0 Å². The third-order valence-corrected chi connectivity index (χ3v) is 11.1. The minimum absolute atomic E-state index is 0.845. The van der Waals surface area contributed by atoms with Gasteiger partial charge in [0.05, 0.1) is 22.1 Å². The molecule has 2 aliphatic rings. The number of benzene rings is 7. The highest BCUT2D eigenvalue weighted by atomic mass is 15.0. The average molecular weight is 649 g/mol. The van der Waals surface area contributed by atoms with E-state index in [2.05, 4.69) is 180 Å². The van der Waals surface area contributed by atoms with Crippen molar-refractivity contribution in [2.24, 2.45) is 0 Å². The van der Waals surface area contributed by atoms with E-state index in [-0.39, 0.29) is 0 Å². The highest BCUT2D eigenvalue weighted by Gasteiger charge is 2.28. The van der Waals surface area contributed by atoms with Crippen LogP contribution in [0, 0.1) is 0 Å². The Balaban J connectivity index is 1.12. The van der Waals surface area contributed by atoms with Crippen LogP contribution in [0.5, 0.6) is 0 Å². The molecule has 7 aromatic carbocycles. The lowest BCUT2D eigenvalue weighted by Crippen LogP contribution is -2.02. The molecular formula is C49H32N2. The SMILES string of the molecule is C=CC1=C2CC(n3c4ccc(-c5ccc6c(c5)c5ccccc5n6-c5ccccc5)cc4c4cc5ccccc5cc43)=CC=C2c2ccccc21. The molecule has 2 aliphatic carbocycles. The molecule has 0 spiro atoms. The first-order valence-corrected chi connectivity index (χ1v) is 17.7. The molecule has 2 heteroatoms. The molecule has 0 bridgehead atoms. The molecule has 51 heavy (non-hydrogen) atoms. The number of rotatable bonds is 4. The van der Waals surface area contributed by atoms with E-state index in [1.807, 2.05) is 6.08 Å². The summed E-state index contributed by atoms with van der Waals surface area (Å²) in [5, 5.41) is 7.58. The number of aromatic nitrogens is 2.